The van der Waals surface area contributed by atoms with Crippen LogP contribution in [-0.2, 0) is 13.0 Å². The summed E-state index contributed by atoms with van der Waals surface area (Å²) in [5.41, 5.74) is 3.58. The molecule has 0 spiro atoms. The van der Waals surface area contributed by atoms with Gasteiger partial charge in [0.1, 0.15) is 18.1 Å². The number of aromatic hydroxyl groups is 1. The zero-order valence-electron chi connectivity index (χ0n) is 16.1. The predicted molar refractivity (Wildman–Crippen MR) is 111 cm³/mol. The Bertz CT molecular complexity index is 1070. The Labute approximate surface area is 169 Å². The maximum absolute atomic E-state index is 13.0. The largest absolute Gasteiger partial charge is 0.508 e. The summed E-state index contributed by atoms with van der Waals surface area (Å²) in [6, 6.07) is 20.0. The van der Waals surface area contributed by atoms with Crippen molar-refractivity contribution in [3.05, 3.63) is 89.0 Å². The van der Waals surface area contributed by atoms with Crippen molar-refractivity contribution in [1.29, 1.82) is 0 Å². The van der Waals surface area contributed by atoms with E-state index < -0.39 is 0 Å². The van der Waals surface area contributed by atoms with Crippen molar-refractivity contribution >= 4 is 11.5 Å². The van der Waals surface area contributed by atoms with Gasteiger partial charge >= 0.3 is 0 Å². The van der Waals surface area contributed by atoms with Gasteiger partial charge in [0.15, 0.2) is 11.5 Å². The number of hydrogen-bond donors (Lipinski definition) is 1. The summed E-state index contributed by atoms with van der Waals surface area (Å²) in [4.78, 5) is 17.5. The van der Waals surface area contributed by atoms with Crippen molar-refractivity contribution in [3.63, 3.8) is 0 Å². The summed E-state index contributed by atoms with van der Waals surface area (Å²) < 4.78 is 11.5. The second-order valence-corrected chi connectivity index (χ2v) is 6.79. The van der Waals surface area contributed by atoms with E-state index in [0.29, 0.717) is 35.9 Å². The molecule has 4 rings (SSSR count). The number of Topliss-reactive ketones (excluding diaryl/α,β-unsaturated/α-hetero) is 1. The Morgan fingerprint density at radius 3 is 2.62 bits per heavy atom. The number of fused-ring (bicyclic) bond motifs is 1. The van der Waals surface area contributed by atoms with Gasteiger partial charge in [-0.2, -0.15) is 0 Å². The highest BCUT2D eigenvalue weighted by Gasteiger charge is 2.24. The third kappa shape index (κ3) is 3.99. The fourth-order valence-corrected chi connectivity index (χ4v) is 3.39. The molecule has 0 unspecified atom stereocenters. The van der Waals surface area contributed by atoms with E-state index in [1.54, 1.807) is 19.2 Å². The summed E-state index contributed by atoms with van der Waals surface area (Å²) in [5, 5.41) is 9.70. The first kappa shape index (κ1) is 18.7. The molecule has 1 aliphatic heterocycles. The van der Waals surface area contributed by atoms with Crippen molar-refractivity contribution in [1.82, 2.24) is 0 Å². The van der Waals surface area contributed by atoms with E-state index in [1.807, 2.05) is 42.5 Å². The van der Waals surface area contributed by atoms with Crippen LogP contribution in [0.4, 0.5) is 0 Å². The van der Waals surface area contributed by atoms with Crippen LogP contribution in [-0.4, -0.2) is 30.3 Å². The maximum Gasteiger partial charge on any atom is 0.211 e. The SMILES string of the molecule is COc1cc2c(cc1OCc1ccccc1)CCN=C2C(=O)c1cccc(O)c1. The molecule has 3 aromatic rings. The third-order valence-electron chi connectivity index (χ3n) is 4.86. The zero-order chi connectivity index (χ0) is 20.2. The number of aliphatic imine (C=N–C) groups is 1. The molecule has 0 radical (unpaired) electrons. The van der Waals surface area contributed by atoms with Crippen molar-refractivity contribution in [2.75, 3.05) is 13.7 Å². The van der Waals surface area contributed by atoms with Gasteiger partial charge in [0.2, 0.25) is 5.78 Å². The normalized spacial score (nSPS) is 12.7. The van der Waals surface area contributed by atoms with Gasteiger partial charge in [-0.05, 0) is 41.8 Å². The van der Waals surface area contributed by atoms with Gasteiger partial charge in [-0.15, -0.1) is 0 Å². The average molecular weight is 387 g/mol. The highest BCUT2D eigenvalue weighted by atomic mass is 16.5. The van der Waals surface area contributed by atoms with Gasteiger partial charge in [-0.1, -0.05) is 42.5 Å². The van der Waals surface area contributed by atoms with E-state index >= 15 is 0 Å². The Morgan fingerprint density at radius 1 is 1.03 bits per heavy atom. The van der Waals surface area contributed by atoms with E-state index in [-0.39, 0.29) is 11.5 Å². The van der Waals surface area contributed by atoms with E-state index in [9.17, 15) is 9.90 Å². The van der Waals surface area contributed by atoms with Crippen LogP contribution in [0.5, 0.6) is 17.2 Å². The Hall–Kier alpha value is -3.60. The lowest BCUT2D eigenvalue weighted by Gasteiger charge is -2.20. The Balaban J connectivity index is 1.64. The molecule has 1 aliphatic rings. The first-order valence-electron chi connectivity index (χ1n) is 9.42. The van der Waals surface area contributed by atoms with Gasteiger partial charge in [0.25, 0.3) is 0 Å². The standard InChI is InChI=1S/C24H21NO4/c1-28-21-14-20-17(13-22(21)29-15-16-6-3-2-4-7-16)10-11-25-23(20)24(27)18-8-5-9-19(26)12-18/h2-9,12-14,26H,10-11,15H2,1H3. The number of carbonyl (C=O) groups is 1. The molecule has 0 saturated heterocycles. The summed E-state index contributed by atoms with van der Waals surface area (Å²) in [7, 11) is 1.58. The minimum absolute atomic E-state index is 0.0507. The molecule has 29 heavy (non-hydrogen) atoms. The number of phenolic OH excluding ortho intramolecular Hbond substituents is 1. The third-order valence-corrected chi connectivity index (χ3v) is 4.86. The van der Waals surface area contributed by atoms with Crippen LogP contribution in [0.1, 0.15) is 27.0 Å². The van der Waals surface area contributed by atoms with Gasteiger partial charge in [0.05, 0.1) is 7.11 Å². The molecule has 0 fully saturated rings. The summed E-state index contributed by atoms with van der Waals surface area (Å²) in [6.07, 6.45) is 0.720. The lowest BCUT2D eigenvalue weighted by molar-refractivity contribution is 0.106. The topological polar surface area (TPSA) is 68.1 Å². The number of rotatable bonds is 6. The van der Waals surface area contributed by atoms with E-state index in [4.69, 9.17) is 9.47 Å². The summed E-state index contributed by atoms with van der Waals surface area (Å²) >= 11 is 0. The summed E-state index contributed by atoms with van der Waals surface area (Å²) in [5.74, 6) is 1.02. The van der Waals surface area contributed by atoms with E-state index in [0.717, 1.165) is 23.1 Å². The molecule has 0 amide bonds. The van der Waals surface area contributed by atoms with Crippen molar-refractivity contribution in [3.8, 4) is 17.2 Å². The number of ether oxygens (including phenoxy) is 2. The molecule has 1 N–H and O–H groups in total. The number of methoxy groups -OCH3 is 1. The predicted octanol–water partition coefficient (Wildman–Crippen LogP) is 4.21. The molecule has 146 valence electrons. The lowest BCUT2D eigenvalue weighted by Crippen LogP contribution is -2.22. The Kier molecular flexibility index (Phi) is 5.29. The molecule has 0 saturated carbocycles. The fourth-order valence-electron chi connectivity index (χ4n) is 3.39. The highest BCUT2D eigenvalue weighted by molar-refractivity contribution is 6.52. The van der Waals surface area contributed by atoms with Crippen molar-refractivity contribution in [2.24, 2.45) is 4.99 Å². The van der Waals surface area contributed by atoms with Crippen LogP contribution in [0.3, 0.4) is 0 Å². The monoisotopic (exact) mass is 387 g/mol. The van der Waals surface area contributed by atoms with Gasteiger partial charge in [-0.3, -0.25) is 9.79 Å². The molecule has 5 heteroatoms. The average Bonchev–Trinajstić information content (AvgIpc) is 2.76. The molecule has 3 aromatic carbocycles. The number of phenols is 1. The first-order chi connectivity index (χ1) is 14.2. The smallest absolute Gasteiger partial charge is 0.211 e. The quantitative estimate of drug-likeness (QED) is 0.644. The molecule has 0 aromatic heterocycles. The van der Waals surface area contributed by atoms with Crippen LogP contribution >= 0.6 is 0 Å². The zero-order valence-corrected chi connectivity index (χ0v) is 16.1. The minimum atomic E-state index is -0.221. The number of ketones is 1. The summed E-state index contributed by atoms with van der Waals surface area (Å²) in [6.45, 7) is 0.955. The number of hydrogen-bond acceptors (Lipinski definition) is 5. The number of benzene rings is 3. The van der Waals surface area contributed by atoms with Crippen LogP contribution in [0.25, 0.3) is 0 Å². The highest BCUT2D eigenvalue weighted by Crippen LogP contribution is 2.34. The first-order valence-corrected chi connectivity index (χ1v) is 9.42. The van der Waals surface area contributed by atoms with E-state index in [1.165, 1.54) is 12.1 Å². The molecule has 5 nitrogen and oxygen atoms in total. The van der Waals surface area contributed by atoms with Gasteiger partial charge in [-0.25, -0.2) is 0 Å². The van der Waals surface area contributed by atoms with Crippen LogP contribution in [0.2, 0.25) is 0 Å². The molecule has 0 atom stereocenters. The van der Waals surface area contributed by atoms with Crippen molar-refractivity contribution in [2.45, 2.75) is 13.0 Å². The second-order valence-electron chi connectivity index (χ2n) is 6.79. The second kappa shape index (κ2) is 8.19. The molecule has 1 heterocycles. The maximum atomic E-state index is 13.0. The molecule has 0 bridgehead atoms. The van der Waals surface area contributed by atoms with Crippen LogP contribution in [0, 0.1) is 0 Å². The molecular formula is C24H21NO4. The minimum Gasteiger partial charge on any atom is -0.508 e. The number of carbonyl (C=O) groups excluding carboxylic acids is 1. The molecule has 0 aliphatic carbocycles. The van der Waals surface area contributed by atoms with E-state index in [2.05, 4.69) is 4.99 Å². The fraction of sp³-hybridized carbons (Fsp3) is 0.167. The van der Waals surface area contributed by atoms with Crippen LogP contribution < -0.4 is 9.47 Å². The molecular weight excluding hydrogens is 366 g/mol. The Morgan fingerprint density at radius 2 is 1.86 bits per heavy atom. The van der Waals surface area contributed by atoms with Gasteiger partial charge < -0.3 is 14.6 Å². The van der Waals surface area contributed by atoms with Gasteiger partial charge in [0, 0.05) is 17.7 Å². The number of nitrogens with zero attached hydrogens (tertiary/aromatic N) is 1. The van der Waals surface area contributed by atoms with Crippen molar-refractivity contribution < 1.29 is 19.4 Å². The lowest BCUT2D eigenvalue weighted by atomic mass is 9.92. The van der Waals surface area contributed by atoms with Crippen LogP contribution in [0.15, 0.2) is 71.7 Å².